The van der Waals surface area contributed by atoms with E-state index in [1.165, 1.54) is 5.57 Å². The van der Waals surface area contributed by atoms with Gasteiger partial charge in [-0.3, -0.25) is 5.32 Å². The van der Waals surface area contributed by atoms with Gasteiger partial charge in [0.25, 0.3) is 0 Å². The maximum atomic E-state index is 11.8. The molecule has 4 heteroatoms. The van der Waals surface area contributed by atoms with Crippen molar-refractivity contribution in [2.24, 2.45) is 0 Å². The van der Waals surface area contributed by atoms with Gasteiger partial charge in [-0.15, -0.1) is 0 Å². The third-order valence-electron chi connectivity index (χ3n) is 3.21. The fourth-order valence-corrected chi connectivity index (χ4v) is 2.15. The van der Waals surface area contributed by atoms with E-state index in [1.807, 2.05) is 20.8 Å². The minimum Gasteiger partial charge on any atom is -0.444 e. The van der Waals surface area contributed by atoms with Crippen molar-refractivity contribution in [3.8, 4) is 0 Å². The molecule has 0 aliphatic heterocycles. The summed E-state index contributed by atoms with van der Waals surface area (Å²) in [6.45, 7) is 11.9. The van der Waals surface area contributed by atoms with Crippen molar-refractivity contribution in [3.63, 3.8) is 0 Å². The minimum atomic E-state index is -0.458. The van der Waals surface area contributed by atoms with Crippen LogP contribution >= 0.6 is 0 Å². The largest absolute Gasteiger partial charge is 0.444 e. The second kappa shape index (κ2) is 7.36. The van der Waals surface area contributed by atoms with Crippen molar-refractivity contribution in [1.82, 2.24) is 10.2 Å². The standard InChI is InChI=1S/C16H28N2O2/c1-6-18(7-2)12-11-13-9-8-10-14(13)17-15(19)20-16(3,4)5/h11-12H,6-10H2,1-5H3,(H,17,19)/b12-11+. The third kappa shape index (κ3) is 5.68. The van der Waals surface area contributed by atoms with Gasteiger partial charge < -0.3 is 9.64 Å². The fourth-order valence-electron chi connectivity index (χ4n) is 2.15. The van der Waals surface area contributed by atoms with Crippen LogP contribution in [0.5, 0.6) is 0 Å². The third-order valence-corrected chi connectivity index (χ3v) is 3.21. The van der Waals surface area contributed by atoms with Crippen LogP contribution in [-0.4, -0.2) is 29.7 Å². The van der Waals surface area contributed by atoms with E-state index in [0.29, 0.717) is 0 Å². The molecule has 0 atom stereocenters. The van der Waals surface area contributed by atoms with Crippen molar-refractivity contribution in [2.45, 2.75) is 59.5 Å². The Labute approximate surface area is 122 Å². The van der Waals surface area contributed by atoms with Gasteiger partial charge in [-0.05, 0) is 71.7 Å². The number of alkyl carbamates (subject to hydrolysis) is 1. The van der Waals surface area contributed by atoms with Crippen molar-refractivity contribution in [1.29, 1.82) is 0 Å². The topological polar surface area (TPSA) is 41.6 Å². The van der Waals surface area contributed by atoms with Crippen LogP contribution in [0.15, 0.2) is 23.5 Å². The van der Waals surface area contributed by atoms with Gasteiger partial charge in [0.05, 0.1) is 0 Å². The monoisotopic (exact) mass is 280 g/mol. The fraction of sp³-hybridized carbons (Fsp3) is 0.688. The van der Waals surface area contributed by atoms with E-state index in [9.17, 15) is 4.79 Å². The van der Waals surface area contributed by atoms with E-state index in [0.717, 1.165) is 38.0 Å². The molecule has 1 aliphatic carbocycles. The van der Waals surface area contributed by atoms with Crippen molar-refractivity contribution in [3.05, 3.63) is 23.5 Å². The summed E-state index contributed by atoms with van der Waals surface area (Å²) >= 11 is 0. The number of carbonyl (C=O) groups excluding carboxylic acids is 1. The first-order chi connectivity index (χ1) is 9.35. The number of ether oxygens (including phenoxy) is 1. The van der Waals surface area contributed by atoms with Crippen LogP contribution in [0.25, 0.3) is 0 Å². The quantitative estimate of drug-likeness (QED) is 0.832. The molecule has 1 amide bonds. The van der Waals surface area contributed by atoms with Crippen molar-refractivity contribution >= 4 is 6.09 Å². The molecule has 0 aromatic heterocycles. The molecule has 0 saturated carbocycles. The van der Waals surface area contributed by atoms with Gasteiger partial charge in [0, 0.05) is 18.8 Å². The number of nitrogens with one attached hydrogen (secondary N) is 1. The average Bonchev–Trinajstić information content (AvgIpc) is 2.75. The van der Waals surface area contributed by atoms with E-state index < -0.39 is 5.60 Å². The molecule has 114 valence electrons. The Morgan fingerprint density at radius 2 is 1.95 bits per heavy atom. The van der Waals surface area contributed by atoms with Crippen molar-refractivity contribution < 1.29 is 9.53 Å². The number of carbonyl (C=O) groups is 1. The zero-order valence-electron chi connectivity index (χ0n) is 13.5. The number of nitrogens with zero attached hydrogens (tertiary/aromatic N) is 1. The van der Waals surface area contributed by atoms with E-state index in [1.54, 1.807) is 0 Å². The molecular formula is C16H28N2O2. The Balaban J connectivity index is 2.66. The molecule has 1 N–H and O–H groups in total. The Morgan fingerprint density at radius 3 is 2.50 bits per heavy atom. The first kappa shape index (κ1) is 16.6. The lowest BCUT2D eigenvalue weighted by molar-refractivity contribution is 0.0544. The summed E-state index contributed by atoms with van der Waals surface area (Å²) in [7, 11) is 0. The molecule has 0 aromatic carbocycles. The maximum Gasteiger partial charge on any atom is 0.411 e. The highest BCUT2D eigenvalue weighted by molar-refractivity contribution is 5.70. The molecular weight excluding hydrogens is 252 g/mol. The lowest BCUT2D eigenvalue weighted by atomic mass is 10.2. The van der Waals surface area contributed by atoms with Gasteiger partial charge in [-0.25, -0.2) is 4.79 Å². The Bertz CT molecular complexity index is 388. The predicted octanol–water partition coefficient (Wildman–Crippen LogP) is 3.80. The van der Waals surface area contributed by atoms with Gasteiger partial charge in [0.15, 0.2) is 0 Å². The van der Waals surface area contributed by atoms with Gasteiger partial charge in [-0.2, -0.15) is 0 Å². The maximum absolute atomic E-state index is 11.8. The first-order valence-corrected chi connectivity index (χ1v) is 7.50. The molecule has 1 rings (SSSR count). The summed E-state index contributed by atoms with van der Waals surface area (Å²) < 4.78 is 5.30. The second-order valence-corrected chi connectivity index (χ2v) is 6.02. The predicted molar refractivity (Wildman–Crippen MR) is 82.3 cm³/mol. The number of hydrogen-bond acceptors (Lipinski definition) is 3. The van der Waals surface area contributed by atoms with Gasteiger partial charge >= 0.3 is 6.09 Å². The van der Waals surface area contributed by atoms with Crippen LogP contribution in [-0.2, 0) is 4.74 Å². The molecule has 0 unspecified atom stereocenters. The molecule has 0 radical (unpaired) electrons. The SMILES string of the molecule is CCN(/C=C/C1=C(NC(=O)OC(C)(C)C)CCC1)CC. The number of rotatable bonds is 5. The number of hydrogen-bond donors (Lipinski definition) is 1. The zero-order chi connectivity index (χ0) is 15.2. The molecule has 1 aliphatic rings. The lowest BCUT2D eigenvalue weighted by Crippen LogP contribution is -2.32. The Hall–Kier alpha value is -1.45. The molecule has 0 saturated heterocycles. The van der Waals surface area contributed by atoms with E-state index in [-0.39, 0.29) is 6.09 Å². The van der Waals surface area contributed by atoms with Crippen LogP contribution in [0.3, 0.4) is 0 Å². The summed E-state index contributed by atoms with van der Waals surface area (Å²) in [5.74, 6) is 0. The van der Waals surface area contributed by atoms with E-state index in [2.05, 4.69) is 36.3 Å². The number of allylic oxidation sites excluding steroid dienone is 3. The highest BCUT2D eigenvalue weighted by Gasteiger charge is 2.20. The van der Waals surface area contributed by atoms with E-state index >= 15 is 0 Å². The van der Waals surface area contributed by atoms with Gasteiger partial charge in [-0.1, -0.05) is 0 Å². The normalized spacial score (nSPS) is 15.8. The number of amides is 1. The van der Waals surface area contributed by atoms with Crippen LogP contribution < -0.4 is 5.32 Å². The van der Waals surface area contributed by atoms with Crippen LogP contribution in [0.1, 0.15) is 53.9 Å². The zero-order valence-corrected chi connectivity index (χ0v) is 13.5. The minimum absolute atomic E-state index is 0.358. The summed E-state index contributed by atoms with van der Waals surface area (Å²) in [5.41, 5.74) is 1.76. The lowest BCUT2D eigenvalue weighted by Gasteiger charge is -2.20. The van der Waals surface area contributed by atoms with E-state index in [4.69, 9.17) is 4.74 Å². The first-order valence-electron chi connectivity index (χ1n) is 7.50. The second-order valence-electron chi connectivity index (χ2n) is 6.02. The molecule has 0 spiro atoms. The summed E-state index contributed by atoms with van der Waals surface area (Å²) in [6.07, 6.45) is 6.89. The van der Waals surface area contributed by atoms with Crippen molar-refractivity contribution in [2.75, 3.05) is 13.1 Å². The molecule has 0 fully saturated rings. The molecule has 0 bridgehead atoms. The average molecular weight is 280 g/mol. The van der Waals surface area contributed by atoms with Crippen LogP contribution in [0.4, 0.5) is 4.79 Å². The molecule has 4 nitrogen and oxygen atoms in total. The summed E-state index contributed by atoms with van der Waals surface area (Å²) in [6, 6.07) is 0. The Morgan fingerprint density at radius 1 is 1.30 bits per heavy atom. The summed E-state index contributed by atoms with van der Waals surface area (Å²) in [4.78, 5) is 14.0. The Kier molecular flexibility index (Phi) is 6.11. The molecule has 0 heterocycles. The van der Waals surface area contributed by atoms with Gasteiger partial charge in [0.2, 0.25) is 0 Å². The molecule has 20 heavy (non-hydrogen) atoms. The summed E-state index contributed by atoms with van der Waals surface area (Å²) in [5, 5.41) is 2.89. The molecule has 0 aromatic rings. The smallest absolute Gasteiger partial charge is 0.411 e. The highest BCUT2D eigenvalue weighted by Crippen LogP contribution is 2.25. The van der Waals surface area contributed by atoms with Crippen LogP contribution in [0, 0.1) is 0 Å². The van der Waals surface area contributed by atoms with Gasteiger partial charge in [0.1, 0.15) is 5.60 Å². The highest BCUT2D eigenvalue weighted by atomic mass is 16.6. The van der Waals surface area contributed by atoms with Crippen LogP contribution in [0.2, 0.25) is 0 Å².